The van der Waals surface area contributed by atoms with Gasteiger partial charge in [-0.2, -0.15) is 4.31 Å². The molecule has 1 aromatic heterocycles. The Morgan fingerprint density at radius 1 is 1.42 bits per heavy atom. The van der Waals surface area contributed by atoms with E-state index in [0.29, 0.717) is 21.6 Å². The Bertz CT molecular complexity index is 541. The van der Waals surface area contributed by atoms with Crippen molar-refractivity contribution >= 4 is 33.0 Å². The minimum atomic E-state index is -3.38. The fourth-order valence-electron chi connectivity index (χ4n) is 2.16. The fraction of sp³-hybridized carbons (Fsp3) is 0.667. The van der Waals surface area contributed by atoms with Crippen LogP contribution in [0.5, 0.6) is 0 Å². The van der Waals surface area contributed by atoms with Crippen molar-refractivity contribution in [2.45, 2.75) is 36.4 Å². The number of aryl methyl sites for hydroxylation is 1. The van der Waals surface area contributed by atoms with Crippen molar-refractivity contribution in [3.63, 3.8) is 0 Å². The van der Waals surface area contributed by atoms with Crippen LogP contribution in [0.15, 0.2) is 10.3 Å². The van der Waals surface area contributed by atoms with E-state index in [0.717, 1.165) is 29.7 Å². The minimum Gasteiger partial charge on any atom is -0.314 e. The maximum Gasteiger partial charge on any atom is 0.252 e. The summed E-state index contributed by atoms with van der Waals surface area (Å²) in [4.78, 5) is 0. The average molecular weight is 323 g/mol. The van der Waals surface area contributed by atoms with E-state index in [4.69, 9.17) is 11.6 Å². The molecule has 0 aromatic carbocycles. The summed E-state index contributed by atoms with van der Waals surface area (Å²) in [6.45, 7) is 5.05. The number of hydrogen-bond acceptors (Lipinski definition) is 4. The van der Waals surface area contributed by atoms with Gasteiger partial charge in [0.1, 0.15) is 4.21 Å². The van der Waals surface area contributed by atoms with E-state index < -0.39 is 10.0 Å². The Balaban J connectivity index is 2.18. The lowest BCUT2D eigenvalue weighted by atomic mass is 9.91. The molecule has 108 valence electrons. The molecule has 7 heteroatoms. The molecule has 1 aliphatic rings. The van der Waals surface area contributed by atoms with E-state index in [1.54, 1.807) is 10.4 Å². The van der Waals surface area contributed by atoms with Crippen LogP contribution >= 0.6 is 22.9 Å². The first-order valence-electron chi connectivity index (χ1n) is 6.23. The van der Waals surface area contributed by atoms with Crippen molar-refractivity contribution < 1.29 is 8.42 Å². The van der Waals surface area contributed by atoms with Gasteiger partial charge in [0.15, 0.2) is 0 Å². The van der Waals surface area contributed by atoms with Gasteiger partial charge in [0.05, 0.1) is 4.34 Å². The number of halogens is 1. The monoisotopic (exact) mass is 322 g/mol. The summed E-state index contributed by atoms with van der Waals surface area (Å²) >= 11 is 7.11. The van der Waals surface area contributed by atoms with Crippen LogP contribution in [0.3, 0.4) is 0 Å². The molecule has 1 aromatic rings. The van der Waals surface area contributed by atoms with Crippen LogP contribution in [-0.4, -0.2) is 38.4 Å². The van der Waals surface area contributed by atoms with Gasteiger partial charge in [0.2, 0.25) is 0 Å². The van der Waals surface area contributed by atoms with Crippen molar-refractivity contribution in [2.24, 2.45) is 0 Å². The van der Waals surface area contributed by atoms with Crippen molar-refractivity contribution in [2.75, 3.05) is 20.1 Å². The molecule has 0 unspecified atom stereocenters. The third kappa shape index (κ3) is 2.97. The molecular weight excluding hydrogens is 304 g/mol. The quantitative estimate of drug-likeness (QED) is 0.930. The standard InChI is InChI=1S/C12H19ClN2O2S2/c1-9-8-10(18-11(9)13)19(16,17)15-6-4-12(2,14-3)5-7-15/h8,14H,4-7H2,1-3H3. The molecule has 0 radical (unpaired) electrons. The topological polar surface area (TPSA) is 49.4 Å². The van der Waals surface area contributed by atoms with Gasteiger partial charge in [-0.1, -0.05) is 11.6 Å². The first-order chi connectivity index (χ1) is 8.78. The largest absolute Gasteiger partial charge is 0.314 e. The lowest BCUT2D eigenvalue weighted by Gasteiger charge is -2.38. The van der Waals surface area contributed by atoms with Gasteiger partial charge in [-0.05, 0) is 45.4 Å². The molecule has 0 amide bonds. The Morgan fingerprint density at radius 2 is 2.00 bits per heavy atom. The average Bonchev–Trinajstić information content (AvgIpc) is 2.71. The van der Waals surface area contributed by atoms with E-state index in [-0.39, 0.29) is 5.54 Å². The van der Waals surface area contributed by atoms with Crippen LogP contribution in [-0.2, 0) is 10.0 Å². The smallest absolute Gasteiger partial charge is 0.252 e. The summed E-state index contributed by atoms with van der Waals surface area (Å²) in [5.41, 5.74) is 0.858. The van der Waals surface area contributed by atoms with Crippen molar-refractivity contribution in [3.8, 4) is 0 Å². The highest BCUT2D eigenvalue weighted by Crippen LogP contribution is 2.33. The SMILES string of the molecule is CNC1(C)CCN(S(=O)(=O)c2cc(C)c(Cl)s2)CC1. The molecular formula is C12H19ClN2O2S2. The van der Waals surface area contributed by atoms with Gasteiger partial charge in [-0.15, -0.1) is 11.3 Å². The van der Waals surface area contributed by atoms with Crippen LogP contribution in [0, 0.1) is 6.92 Å². The van der Waals surface area contributed by atoms with Gasteiger partial charge in [0, 0.05) is 18.6 Å². The normalized spacial score (nSPS) is 20.6. The molecule has 2 heterocycles. The predicted octanol–water partition coefficient (Wildman–Crippen LogP) is 2.47. The highest BCUT2D eigenvalue weighted by atomic mass is 35.5. The second-order valence-electron chi connectivity index (χ2n) is 5.24. The molecule has 0 aliphatic carbocycles. The Hall–Kier alpha value is -0.140. The van der Waals surface area contributed by atoms with Gasteiger partial charge < -0.3 is 5.32 Å². The molecule has 1 saturated heterocycles. The fourth-order valence-corrected chi connectivity index (χ4v) is 5.46. The number of hydrogen-bond donors (Lipinski definition) is 1. The predicted molar refractivity (Wildman–Crippen MR) is 79.5 cm³/mol. The molecule has 0 atom stereocenters. The lowest BCUT2D eigenvalue weighted by Crippen LogP contribution is -2.51. The minimum absolute atomic E-state index is 0.0367. The third-order valence-electron chi connectivity index (χ3n) is 3.86. The molecule has 1 aliphatic heterocycles. The van der Waals surface area contributed by atoms with Crippen LogP contribution in [0.25, 0.3) is 0 Å². The van der Waals surface area contributed by atoms with Crippen LogP contribution < -0.4 is 5.32 Å². The number of sulfonamides is 1. The molecule has 0 spiro atoms. The zero-order valence-corrected chi connectivity index (χ0v) is 13.8. The Labute approximate surface area is 123 Å². The van der Waals surface area contributed by atoms with Crippen LogP contribution in [0.2, 0.25) is 4.34 Å². The van der Waals surface area contributed by atoms with Gasteiger partial charge in [-0.25, -0.2) is 8.42 Å². The molecule has 19 heavy (non-hydrogen) atoms. The second kappa shape index (κ2) is 5.33. The zero-order valence-electron chi connectivity index (χ0n) is 11.4. The van der Waals surface area contributed by atoms with E-state index in [1.807, 2.05) is 14.0 Å². The molecule has 0 bridgehead atoms. The number of thiophene rings is 1. The van der Waals surface area contributed by atoms with Crippen LogP contribution in [0.4, 0.5) is 0 Å². The number of piperidine rings is 1. The second-order valence-corrected chi connectivity index (χ2v) is 9.06. The summed E-state index contributed by atoms with van der Waals surface area (Å²) < 4.78 is 27.5. The Kier molecular flexibility index (Phi) is 4.28. The number of nitrogens with one attached hydrogen (secondary N) is 1. The van der Waals surface area contributed by atoms with E-state index in [2.05, 4.69) is 12.2 Å². The highest BCUT2D eigenvalue weighted by molar-refractivity contribution is 7.91. The lowest BCUT2D eigenvalue weighted by molar-refractivity contribution is 0.220. The first-order valence-corrected chi connectivity index (χ1v) is 8.87. The van der Waals surface area contributed by atoms with Crippen molar-refractivity contribution in [1.29, 1.82) is 0 Å². The number of nitrogens with zero attached hydrogens (tertiary/aromatic N) is 1. The van der Waals surface area contributed by atoms with Gasteiger partial charge in [0.25, 0.3) is 10.0 Å². The maximum atomic E-state index is 12.5. The summed E-state index contributed by atoms with van der Waals surface area (Å²) in [5.74, 6) is 0. The summed E-state index contributed by atoms with van der Waals surface area (Å²) in [7, 11) is -1.46. The molecule has 2 rings (SSSR count). The number of rotatable bonds is 3. The Morgan fingerprint density at radius 3 is 2.42 bits per heavy atom. The molecule has 0 saturated carbocycles. The van der Waals surface area contributed by atoms with Crippen molar-refractivity contribution in [3.05, 3.63) is 16.0 Å². The summed E-state index contributed by atoms with van der Waals surface area (Å²) in [6, 6.07) is 1.66. The first kappa shape index (κ1) is 15.3. The zero-order chi connectivity index (χ0) is 14.3. The highest BCUT2D eigenvalue weighted by Gasteiger charge is 2.35. The van der Waals surface area contributed by atoms with Crippen molar-refractivity contribution in [1.82, 2.24) is 9.62 Å². The van der Waals surface area contributed by atoms with E-state index in [1.165, 1.54) is 0 Å². The summed E-state index contributed by atoms with van der Waals surface area (Å²) in [6.07, 6.45) is 1.64. The third-order valence-corrected chi connectivity index (χ3v) is 7.76. The maximum absolute atomic E-state index is 12.5. The summed E-state index contributed by atoms with van der Waals surface area (Å²) in [5, 5.41) is 3.27. The van der Waals surface area contributed by atoms with Crippen LogP contribution in [0.1, 0.15) is 25.3 Å². The van der Waals surface area contributed by atoms with E-state index in [9.17, 15) is 8.42 Å². The molecule has 1 fully saturated rings. The molecule has 4 nitrogen and oxygen atoms in total. The van der Waals surface area contributed by atoms with Gasteiger partial charge in [-0.3, -0.25) is 0 Å². The van der Waals surface area contributed by atoms with Gasteiger partial charge >= 0.3 is 0 Å². The van der Waals surface area contributed by atoms with E-state index >= 15 is 0 Å². The molecule has 1 N–H and O–H groups in total.